The molecule has 2 rings (SSSR count). The van der Waals surface area contributed by atoms with Gasteiger partial charge in [-0.15, -0.1) is 0 Å². The van der Waals surface area contributed by atoms with E-state index in [4.69, 9.17) is 0 Å². The van der Waals surface area contributed by atoms with E-state index in [2.05, 4.69) is 20.8 Å². The Morgan fingerprint density at radius 3 is 2.44 bits per heavy atom. The molecule has 1 aromatic rings. The number of piperidine rings is 1. The van der Waals surface area contributed by atoms with E-state index in [-0.39, 0.29) is 11.7 Å². The highest BCUT2D eigenvalue weighted by atomic mass is 79.9. The SMILES string of the molecule is CC(CN1CCCCC1)C(=O)c1ccc(Br)cc1. The minimum atomic E-state index is 0.0873. The lowest BCUT2D eigenvalue weighted by Gasteiger charge is -2.28. The fourth-order valence-corrected chi connectivity index (χ4v) is 2.78. The molecule has 2 nitrogen and oxygen atoms in total. The first kappa shape index (κ1) is 13.8. The summed E-state index contributed by atoms with van der Waals surface area (Å²) in [4.78, 5) is 14.7. The van der Waals surface area contributed by atoms with Gasteiger partial charge in [-0.1, -0.05) is 41.4 Å². The Labute approximate surface area is 117 Å². The third kappa shape index (κ3) is 3.66. The van der Waals surface area contributed by atoms with Crippen LogP contribution in [0.2, 0.25) is 0 Å². The quantitative estimate of drug-likeness (QED) is 0.789. The largest absolute Gasteiger partial charge is 0.303 e. The van der Waals surface area contributed by atoms with Gasteiger partial charge in [0.15, 0.2) is 5.78 Å². The van der Waals surface area contributed by atoms with Crippen LogP contribution in [0.25, 0.3) is 0 Å². The average molecular weight is 310 g/mol. The van der Waals surface area contributed by atoms with Crippen molar-refractivity contribution in [2.24, 2.45) is 5.92 Å². The third-order valence-electron chi connectivity index (χ3n) is 3.56. The van der Waals surface area contributed by atoms with Gasteiger partial charge >= 0.3 is 0 Å². The van der Waals surface area contributed by atoms with Gasteiger partial charge in [-0.3, -0.25) is 4.79 Å². The highest BCUT2D eigenvalue weighted by molar-refractivity contribution is 9.10. The molecule has 0 aliphatic carbocycles. The molecule has 0 amide bonds. The van der Waals surface area contributed by atoms with Crippen molar-refractivity contribution in [1.29, 1.82) is 0 Å². The molecule has 1 aliphatic rings. The lowest BCUT2D eigenvalue weighted by Crippen LogP contribution is -2.35. The van der Waals surface area contributed by atoms with E-state index in [0.717, 1.165) is 29.7 Å². The van der Waals surface area contributed by atoms with Crippen molar-refractivity contribution in [2.45, 2.75) is 26.2 Å². The number of hydrogen-bond acceptors (Lipinski definition) is 2. The van der Waals surface area contributed by atoms with Crippen LogP contribution in [0.4, 0.5) is 0 Å². The molecule has 1 atom stereocenters. The Kier molecular flexibility index (Phi) is 4.95. The van der Waals surface area contributed by atoms with Gasteiger partial charge in [-0.05, 0) is 38.1 Å². The molecule has 0 radical (unpaired) electrons. The highest BCUT2D eigenvalue weighted by Crippen LogP contribution is 2.16. The number of rotatable bonds is 4. The summed E-state index contributed by atoms with van der Waals surface area (Å²) in [5, 5.41) is 0. The molecule has 0 N–H and O–H groups in total. The zero-order valence-electron chi connectivity index (χ0n) is 10.9. The van der Waals surface area contributed by atoms with Crippen molar-refractivity contribution in [3.63, 3.8) is 0 Å². The van der Waals surface area contributed by atoms with Crippen molar-refractivity contribution in [1.82, 2.24) is 4.90 Å². The summed E-state index contributed by atoms with van der Waals surface area (Å²) in [6, 6.07) is 7.67. The molecule has 1 fully saturated rings. The number of hydrogen-bond donors (Lipinski definition) is 0. The van der Waals surface area contributed by atoms with E-state index in [0.29, 0.717) is 0 Å². The summed E-state index contributed by atoms with van der Waals surface area (Å²) in [6.07, 6.45) is 3.89. The van der Waals surface area contributed by atoms with Crippen LogP contribution in [-0.4, -0.2) is 30.3 Å². The number of Topliss-reactive ketones (excluding diaryl/α,β-unsaturated/α-hetero) is 1. The second-order valence-electron chi connectivity index (χ2n) is 5.13. The van der Waals surface area contributed by atoms with Crippen LogP contribution in [-0.2, 0) is 0 Å². The van der Waals surface area contributed by atoms with E-state index in [1.54, 1.807) is 0 Å². The van der Waals surface area contributed by atoms with Crippen LogP contribution in [0.1, 0.15) is 36.5 Å². The molecule has 0 bridgehead atoms. The lowest BCUT2D eigenvalue weighted by molar-refractivity contribution is 0.0883. The van der Waals surface area contributed by atoms with Gasteiger partial charge in [0.25, 0.3) is 0 Å². The first-order chi connectivity index (χ1) is 8.66. The van der Waals surface area contributed by atoms with Gasteiger partial charge in [0.1, 0.15) is 0 Å². The van der Waals surface area contributed by atoms with Crippen molar-refractivity contribution in [3.05, 3.63) is 34.3 Å². The maximum Gasteiger partial charge on any atom is 0.166 e. The number of carbonyl (C=O) groups excluding carboxylic acids is 1. The van der Waals surface area contributed by atoms with Crippen molar-refractivity contribution in [3.8, 4) is 0 Å². The number of likely N-dealkylation sites (tertiary alicyclic amines) is 1. The van der Waals surface area contributed by atoms with E-state index in [1.165, 1.54) is 19.3 Å². The summed E-state index contributed by atoms with van der Waals surface area (Å²) < 4.78 is 1.02. The molecular formula is C15H20BrNO. The number of halogens is 1. The maximum absolute atomic E-state index is 12.3. The van der Waals surface area contributed by atoms with Crippen LogP contribution in [0.15, 0.2) is 28.7 Å². The van der Waals surface area contributed by atoms with Gasteiger partial charge < -0.3 is 4.90 Å². The molecule has 3 heteroatoms. The Balaban J connectivity index is 1.93. The van der Waals surface area contributed by atoms with Gasteiger partial charge in [0, 0.05) is 22.5 Å². The Bertz CT molecular complexity index is 395. The van der Waals surface area contributed by atoms with Gasteiger partial charge in [-0.25, -0.2) is 0 Å². The number of benzene rings is 1. The first-order valence-corrected chi connectivity index (χ1v) is 7.48. The van der Waals surface area contributed by atoms with Gasteiger partial charge in [-0.2, -0.15) is 0 Å². The predicted octanol–water partition coefficient (Wildman–Crippen LogP) is 3.75. The Hall–Kier alpha value is -0.670. The van der Waals surface area contributed by atoms with E-state index >= 15 is 0 Å². The molecule has 0 spiro atoms. The number of carbonyl (C=O) groups is 1. The normalized spacial score (nSPS) is 18.6. The summed E-state index contributed by atoms with van der Waals surface area (Å²) in [7, 11) is 0. The van der Waals surface area contributed by atoms with Crippen LogP contribution in [0, 0.1) is 5.92 Å². The van der Waals surface area contributed by atoms with Crippen LogP contribution in [0.3, 0.4) is 0 Å². The molecule has 1 heterocycles. The summed E-state index contributed by atoms with van der Waals surface area (Å²) >= 11 is 3.39. The van der Waals surface area contributed by atoms with E-state index in [9.17, 15) is 4.79 Å². The number of ketones is 1. The zero-order valence-corrected chi connectivity index (χ0v) is 12.4. The summed E-state index contributed by atoms with van der Waals surface area (Å²) in [5.74, 6) is 0.345. The summed E-state index contributed by atoms with van der Waals surface area (Å²) in [5.41, 5.74) is 0.822. The van der Waals surface area contributed by atoms with Crippen molar-refractivity contribution in [2.75, 3.05) is 19.6 Å². The molecule has 1 aliphatic heterocycles. The fourth-order valence-electron chi connectivity index (χ4n) is 2.51. The van der Waals surface area contributed by atoms with E-state index < -0.39 is 0 Å². The second-order valence-corrected chi connectivity index (χ2v) is 6.05. The molecule has 1 saturated heterocycles. The first-order valence-electron chi connectivity index (χ1n) is 6.69. The Morgan fingerprint density at radius 2 is 1.83 bits per heavy atom. The second kappa shape index (κ2) is 6.48. The smallest absolute Gasteiger partial charge is 0.166 e. The molecule has 98 valence electrons. The van der Waals surface area contributed by atoms with Gasteiger partial charge in [0.2, 0.25) is 0 Å². The minimum absolute atomic E-state index is 0.0873. The Morgan fingerprint density at radius 1 is 1.22 bits per heavy atom. The fraction of sp³-hybridized carbons (Fsp3) is 0.533. The number of nitrogens with zero attached hydrogens (tertiary/aromatic N) is 1. The summed E-state index contributed by atoms with van der Waals surface area (Å²) in [6.45, 7) is 5.24. The molecule has 0 saturated carbocycles. The molecule has 1 unspecified atom stereocenters. The maximum atomic E-state index is 12.3. The van der Waals surface area contributed by atoms with E-state index in [1.807, 2.05) is 31.2 Å². The monoisotopic (exact) mass is 309 g/mol. The van der Waals surface area contributed by atoms with Crippen LogP contribution >= 0.6 is 15.9 Å². The third-order valence-corrected chi connectivity index (χ3v) is 4.09. The molecule has 0 aromatic heterocycles. The standard InChI is InChI=1S/C15H20BrNO/c1-12(11-17-9-3-2-4-10-17)15(18)13-5-7-14(16)8-6-13/h5-8,12H,2-4,9-11H2,1H3. The minimum Gasteiger partial charge on any atom is -0.303 e. The highest BCUT2D eigenvalue weighted by Gasteiger charge is 2.19. The van der Waals surface area contributed by atoms with Crippen molar-refractivity contribution < 1.29 is 4.79 Å². The molecular weight excluding hydrogens is 290 g/mol. The van der Waals surface area contributed by atoms with Crippen molar-refractivity contribution >= 4 is 21.7 Å². The van der Waals surface area contributed by atoms with Crippen LogP contribution < -0.4 is 0 Å². The molecule has 1 aromatic carbocycles. The lowest BCUT2D eigenvalue weighted by atomic mass is 9.98. The van der Waals surface area contributed by atoms with Crippen LogP contribution in [0.5, 0.6) is 0 Å². The molecule has 18 heavy (non-hydrogen) atoms. The van der Waals surface area contributed by atoms with Gasteiger partial charge in [0.05, 0.1) is 0 Å². The average Bonchev–Trinajstić information content (AvgIpc) is 2.40. The topological polar surface area (TPSA) is 20.3 Å². The zero-order chi connectivity index (χ0) is 13.0. The predicted molar refractivity (Wildman–Crippen MR) is 77.9 cm³/mol.